The number of benzene rings is 2. The predicted molar refractivity (Wildman–Crippen MR) is 91.2 cm³/mol. The number of ether oxygens (including phenoxy) is 2. The van der Waals surface area contributed by atoms with Gasteiger partial charge in [0.15, 0.2) is 5.75 Å². The Morgan fingerprint density at radius 3 is 2.52 bits per heavy atom. The smallest absolute Gasteiger partial charge is 0.416 e. The van der Waals surface area contributed by atoms with Gasteiger partial charge in [0, 0.05) is 6.07 Å². The molecule has 0 saturated carbocycles. The fourth-order valence-electron chi connectivity index (χ4n) is 2.27. The molecule has 8 heteroatoms. The molecule has 1 N–H and O–H groups in total. The number of anilines is 1. The van der Waals surface area contributed by atoms with Gasteiger partial charge < -0.3 is 19.2 Å². The van der Waals surface area contributed by atoms with Gasteiger partial charge in [0.05, 0.1) is 30.2 Å². The minimum absolute atomic E-state index is 0.0492. The van der Waals surface area contributed by atoms with Crippen molar-refractivity contribution in [3.8, 4) is 17.2 Å². The number of hydrogen-bond acceptors (Lipinski definition) is 4. The Bertz CT molecular complexity index is 936. The van der Waals surface area contributed by atoms with Crippen molar-refractivity contribution in [2.24, 2.45) is 0 Å². The Kier molecular flexibility index (Phi) is 5.07. The fourth-order valence-corrected chi connectivity index (χ4v) is 2.27. The van der Waals surface area contributed by atoms with Crippen LogP contribution in [0.1, 0.15) is 15.9 Å². The van der Waals surface area contributed by atoms with E-state index in [4.69, 9.17) is 13.9 Å². The first-order valence-corrected chi connectivity index (χ1v) is 7.73. The average Bonchev–Trinajstić information content (AvgIpc) is 3.17. The Balaban J connectivity index is 1.95. The first-order chi connectivity index (χ1) is 12.9. The van der Waals surface area contributed by atoms with Gasteiger partial charge in [-0.15, -0.1) is 0 Å². The first kappa shape index (κ1) is 18.4. The molecule has 0 aliphatic rings. The lowest BCUT2D eigenvalue weighted by atomic mass is 10.1. The molecule has 0 aliphatic heterocycles. The summed E-state index contributed by atoms with van der Waals surface area (Å²) in [6, 6.07) is 10.8. The number of carbonyl (C=O) groups is 1. The quantitative estimate of drug-likeness (QED) is 0.651. The molecule has 0 atom stereocenters. The van der Waals surface area contributed by atoms with Crippen molar-refractivity contribution < 1.29 is 31.9 Å². The fraction of sp³-hybridized carbons (Fsp3) is 0.105. The van der Waals surface area contributed by atoms with Crippen LogP contribution in [0.15, 0.2) is 65.5 Å². The van der Waals surface area contributed by atoms with Crippen molar-refractivity contribution in [1.29, 1.82) is 0 Å². The third-order valence-electron chi connectivity index (χ3n) is 3.61. The van der Waals surface area contributed by atoms with Crippen LogP contribution in [0.25, 0.3) is 0 Å². The van der Waals surface area contributed by atoms with E-state index >= 15 is 0 Å². The van der Waals surface area contributed by atoms with E-state index in [1.807, 2.05) is 0 Å². The van der Waals surface area contributed by atoms with Gasteiger partial charge in [0.2, 0.25) is 0 Å². The Morgan fingerprint density at radius 2 is 1.85 bits per heavy atom. The van der Waals surface area contributed by atoms with E-state index in [-0.39, 0.29) is 17.0 Å². The van der Waals surface area contributed by atoms with Gasteiger partial charge in [-0.05, 0) is 36.4 Å². The summed E-state index contributed by atoms with van der Waals surface area (Å²) in [7, 11) is 1.48. The third kappa shape index (κ3) is 4.41. The van der Waals surface area contributed by atoms with E-state index < -0.39 is 17.6 Å². The molecule has 1 amide bonds. The molecule has 1 heterocycles. The molecular formula is C19H14F3NO4. The molecule has 0 saturated heterocycles. The minimum Gasteiger partial charge on any atom is -0.497 e. The lowest BCUT2D eigenvalue weighted by Crippen LogP contribution is -2.13. The number of nitrogens with one attached hydrogen (secondary N) is 1. The monoisotopic (exact) mass is 377 g/mol. The average molecular weight is 377 g/mol. The molecule has 0 bridgehead atoms. The summed E-state index contributed by atoms with van der Waals surface area (Å²) in [5.74, 6) is 0.281. The number of alkyl halides is 3. The van der Waals surface area contributed by atoms with E-state index in [0.29, 0.717) is 11.5 Å². The van der Waals surface area contributed by atoms with Crippen molar-refractivity contribution >= 4 is 11.6 Å². The van der Waals surface area contributed by atoms with Gasteiger partial charge in [-0.3, -0.25) is 4.79 Å². The lowest BCUT2D eigenvalue weighted by Gasteiger charge is -2.15. The van der Waals surface area contributed by atoms with E-state index in [9.17, 15) is 18.0 Å². The summed E-state index contributed by atoms with van der Waals surface area (Å²) < 4.78 is 54.7. The van der Waals surface area contributed by atoms with Crippen LogP contribution in [0.5, 0.6) is 17.2 Å². The van der Waals surface area contributed by atoms with Crippen LogP contribution in [0.2, 0.25) is 0 Å². The molecule has 2 aromatic carbocycles. The minimum atomic E-state index is -4.57. The van der Waals surface area contributed by atoms with E-state index in [0.717, 1.165) is 18.2 Å². The van der Waals surface area contributed by atoms with Crippen molar-refractivity contribution in [2.75, 3.05) is 12.4 Å². The second-order valence-electron chi connectivity index (χ2n) is 5.46. The van der Waals surface area contributed by atoms with Crippen LogP contribution in [0, 0.1) is 0 Å². The Hall–Kier alpha value is -3.42. The Morgan fingerprint density at radius 1 is 1.07 bits per heavy atom. The molecule has 0 radical (unpaired) electrons. The number of halogens is 3. The van der Waals surface area contributed by atoms with Crippen LogP contribution < -0.4 is 14.8 Å². The molecule has 0 unspecified atom stereocenters. The van der Waals surface area contributed by atoms with Crippen LogP contribution in [0.4, 0.5) is 18.9 Å². The zero-order chi connectivity index (χ0) is 19.4. The van der Waals surface area contributed by atoms with Gasteiger partial charge in [-0.1, -0.05) is 6.07 Å². The highest BCUT2D eigenvalue weighted by molar-refractivity contribution is 6.04. The molecular weight excluding hydrogens is 363 g/mol. The van der Waals surface area contributed by atoms with Crippen LogP contribution in [-0.2, 0) is 6.18 Å². The van der Waals surface area contributed by atoms with E-state index in [1.54, 1.807) is 24.3 Å². The summed E-state index contributed by atoms with van der Waals surface area (Å²) >= 11 is 0. The van der Waals surface area contributed by atoms with E-state index in [2.05, 4.69) is 5.32 Å². The maximum atomic E-state index is 13.1. The molecule has 0 fully saturated rings. The van der Waals surface area contributed by atoms with Crippen molar-refractivity contribution in [3.63, 3.8) is 0 Å². The van der Waals surface area contributed by atoms with Crippen LogP contribution in [0.3, 0.4) is 0 Å². The summed E-state index contributed by atoms with van der Waals surface area (Å²) in [6.45, 7) is 0. The first-order valence-electron chi connectivity index (χ1n) is 7.73. The molecule has 3 rings (SSSR count). The highest BCUT2D eigenvalue weighted by Gasteiger charge is 2.31. The molecule has 0 aliphatic carbocycles. The maximum Gasteiger partial charge on any atom is 0.416 e. The zero-order valence-corrected chi connectivity index (χ0v) is 14.0. The number of amides is 1. The number of hydrogen-bond donors (Lipinski definition) is 1. The second kappa shape index (κ2) is 7.45. The van der Waals surface area contributed by atoms with Gasteiger partial charge >= 0.3 is 6.18 Å². The van der Waals surface area contributed by atoms with Gasteiger partial charge in [0.25, 0.3) is 5.91 Å². The van der Waals surface area contributed by atoms with Gasteiger partial charge in [0.1, 0.15) is 17.8 Å². The van der Waals surface area contributed by atoms with Crippen molar-refractivity contribution in [2.45, 2.75) is 6.18 Å². The molecule has 1 aromatic heterocycles. The topological polar surface area (TPSA) is 60.7 Å². The van der Waals surface area contributed by atoms with Crippen molar-refractivity contribution in [3.05, 3.63) is 72.2 Å². The molecule has 3 aromatic rings. The normalized spacial score (nSPS) is 11.1. The largest absolute Gasteiger partial charge is 0.497 e. The number of furan rings is 1. The number of methoxy groups -OCH3 is 1. The standard InChI is InChI=1S/C19H14F3NO4/c1-25-14-3-2-4-15(10-14)27-17-6-5-13(19(20,21)22)9-16(17)23-18(24)12-7-8-26-11-12/h2-11H,1H3,(H,23,24). The van der Waals surface area contributed by atoms with Crippen LogP contribution >= 0.6 is 0 Å². The SMILES string of the molecule is COc1cccc(Oc2ccc(C(F)(F)F)cc2NC(=O)c2ccoc2)c1. The van der Waals surface area contributed by atoms with Crippen molar-refractivity contribution in [1.82, 2.24) is 0 Å². The number of rotatable bonds is 5. The maximum absolute atomic E-state index is 13.1. The van der Waals surface area contributed by atoms with Gasteiger partial charge in [-0.25, -0.2) is 0 Å². The Labute approximate surface area is 152 Å². The van der Waals surface area contributed by atoms with Gasteiger partial charge in [-0.2, -0.15) is 13.2 Å². The summed E-state index contributed by atoms with van der Waals surface area (Å²) in [6.07, 6.45) is -2.09. The van der Waals surface area contributed by atoms with E-state index in [1.165, 1.54) is 25.7 Å². The third-order valence-corrected chi connectivity index (χ3v) is 3.61. The molecule has 5 nitrogen and oxygen atoms in total. The zero-order valence-electron chi connectivity index (χ0n) is 14.0. The lowest BCUT2D eigenvalue weighted by molar-refractivity contribution is -0.137. The molecule has 140 valence electrons. The predicted octanol–water partition coefficient (Wildman–Crippen LogP) is 5.35. The second-order valence-corrected chi connectivity index (χ2v) is 5.46. The summed E-state index contributed by atoms with van der Waals surface area (Å²) in [5, 5.41) is 2.42. The van der Waals surface area contributed by atoms with Crippen LogP contribution in [-0.4, -0.2) is 13.0 Å². The number of carbonyl (C=O) groups excluding carboxylic acids is 1. The highest BCUT2D eigenvalue weighted by atomic mass is 19.4. The molecule has 0 spiro atoms. The highest BCUT2D eigenvalue weighted by Crippen LogP contribution is 2.37. The molecule has 27 heavy (non-hydrogen) atoms. The summed E-state index contributed by atoms with van der Waals surface area (Å²) in [5.41, 5.74) is -0.874. The summed E-state index contributed by atoms with van der Waals surface area (Å²) in [4.78, 5) is 12.2.